The van der Waals surface area contributed by atoms with Crippen molar-refractivity contribution in [3.05, 3.63) is 53.1 Å². The van der Waals surface area contributed by atoms with Crippen LogP contribution >= 0.6 is 23.1 Å². The molecule has 0 aliphatic heterocycles. The first-order valence-electron chi connectivity index (χ1n) is 11.0. The summed E-state index contributed by atoms with van der Waals surface area (Å²) in [6.45, 7) is 5.27. The molecular weight excluding hydrogens is 535 g/mol. The monoisotopic (exact) mass is 561 g/mol. The van der Waals surface area contributed by atoms with Crippen LogP contribution in [-0.4, -0.2) is 49.2 Å². The number of fused-ring (bicyclic) bond motifs is 1. The molecule has 0 aliphatic carbocycles. The number of sulfonamides is 1. The standard InChI is InChI=1S/C24H26F3NO5S3/c1-4-9-28(10-11-34-18-6-7-20(15(2)12-18)33-14-22(29)30)36(31,32)23-16(3)19-13-17(24(25,26)27)5-8-21(19)35-23/h5-8,12-13H,4,9-11,14H2,1-3H3,(H,29,30). The van der Waals surface area contributed by atoms with E-state index in [9.17, 15) is 26.4 Å². The number of nitrogens with zero attached hydrogens (tertiary/aromatic N) is 1. The van der Waals surface area contributed by atoms with Crippen LogP contribution < -0.4 is 4.74 Å². The quantitative estimate of drug-likeness (QED) is 0.281. The zero-order chi connectivity index (χ0) is 26.7. The largest absolute Gasteiger partial charge is 0.482 e. The molecule has 196 valence electrons. The number of alkyl halides is 3. The van der Waals surface area contributed by atoms with Crippen molar-refractivity contribution in [1.29, 1.82) is 0 Å². The number of aliphatic carboxylic acids is 1. The molecule has 0 fully saturated rings. The van der Waals surface area contributed by atoms with E-state index in [0.29, 0.717) is 33.6 Å². The van der Waals surface area contributed by atoms with E-state index in [1.165, 1.54) is 22.1 Å². The van der Waals surface area contributed by atoms with Crippen molar-refractivity contribution in [2.75, 3.05) is 25.4 Å². The molecule has 36 heavy (non-hydrogen) atoms. The van der Waals surface area contributed by atoms with Crippen molar-refractivity contribution >= 4 is 49.2 Å². The van der Waals surface area contributed by atoms with E-state index in [2.05, 4.69) is 0 Å². The van der Waals surface area contributed by atoms with Gasteiger partial charge in [0.25, 0.3) is 10.0 Å². The molecule has 1 aromatic heterocycles. The number of rotatable bonds is 11. The Morgan fingerprint density at radius 1 is 1.14 bits per heavy atom. The van der Waals surface area contributed by atoms with E-state index in [0.717, 1.165) is 33.9 Å². The SMILES string of the molecule is CCCN(CCSc1ccc(OCC(=O)O)c(C)c1)S(=O)(=O)c1sc2ccc(C(F)(F)F)cc2c1C. The molecule has 1 heterocycles. The van der Waals surface area contributed by atoms with Gasteiger partial charge in [-0.3, -0.25) is 0 Å². The Morgan fingerprint density at radius 2 is 1.86 bits per heavy atom. The fraction of sp³-hybridized carbons (Fsp3) is 0.375. The number of thioether (sulfide) groups is 1. The third kappa shape index (κ3) is 6.53. The Morgan fingerprint density at radius 3 is 2.47 bits per heavy atom. The smallest absolute Gasteiger partial charge is 0.416 e. The summed E-state index contributed by atoms with van der Waals surface area (Å²) >= 11 is 2.43. The first kappa shape index (κ1) is 28.3. The second-order valence-corrected chi connectivity index (χ2v) is 12.4. The molecule has 12 heteroatoms. The van der Waals surface area contributed by atoms with Gasteiger partial charge in [-0.15, -0.1) is 23.1 Å². The van der Waals surface area contributed by atoms with Crippen LogP contribution in [0.4, 0.5) is 13.2 Å². The van der Waals surface area contributed by atoms with Crippen molar-refractivity contribution in [2.24, 2.45) is 0 Å². The van der Waals surface area contributed by atoms with Crippen LogP contribution in [0, 0.1) is 13.8 Å². The van der Waals surface area contributed by atoms with E-state index < -0.39 is 34.3 Å². The summed E-state index contributed by atoms with van der Waals surface area (Å²) < 4.78 is 73.6. The fourth-order valence-corrected chi connectivity index (χ4v) is 8.12. The first-order valence-corrected chi connectivity index (χ1v) is 14.3. The molecule has 0 aliphatic rings. The maximum atomic E-state index is 13.5. The number of halogens is 3. The van der Waals surface area contributed by atoms with E-state index in [4.69, 9.17) is 9.84 Å². The summed E-state index contributed by atoms with van der Waals surface area (Å²) in [4.78, 5) is 11.6. The van der Waals surface area contributed by atoms with Gasteiger partial charge >= 0.3 is 12.1 Å². The van der Waals surface area contributed by atoms with E-state index in [-0.39, 0.29) is 17.3 Å². The van der Waals surface area contributed by atoms with Crippen molar-refractivity contribution in [1.82, 2.24) is 4.31 Å². The molecule has 0 amide bonds. The second kappa shape index (κ2) is 11.4. The number of carboxylic acid groups (broad SMARTS) is 1. The van der Waals surface area contributed by atoms with Gasteiger partial charge in [-0.25, -0.2) is 13.2 Å². The topological polar surface area (TPSA) is 83.9 Å². The van der Waals surface area contributed by atoms with Crippen molar-refractivity contribution in [3.8, 4) is 5.75 Å². The molecule has 0 unspecified atom stereocenters. The van der Waals surface area contributed by atoms with Crippen molar-refractivity contribution < 1.29 is 36.2 Å². The summed E-state index contributed by atoms with van der Waals surface area (Å²) in [7, 11) is -3.91. The highest BCUT2D eigenvalue weighted by Gasteiger charge is 2.33. The zero-order valence-electron chi connectivity index (χ0n) is 19.9. The number of ether oxygens (including phenoxy) is 1. The Hall–Kier alpha value is -2.28. The highest BCUT2D eigenvalue weighted by Crippen LogP contribution is 2.39. The number of aryl methyl sites for hydroxylation is 2. The highest BCUT2D eigenvalue weighted by atomic mass is 32.2. The molecular formula is C24H26F3NO5S3. The normalized spacial score (nSPS) is 12.4. The number of thiophene rings is 1. The van der Waals surface area contributed by atoms with Gasteiger partial charge in [0, 0.05) is 28.4 Å². The Labute approximate surface area is 216 Å². The van der Waals surface area contributed by atoms with E-state index >= 15 is 0 Å². The minimum Gasteiger partial charge on any atom is -0.482 e. The fourth-order valence-electron chi connectivity index (χ4n) is 3.62. The third-order valence-electron chi connectivity index (χ3n) is 5.37. The van der Waals surface area contributed by atoms with Crippen LogP contribution in [0.1, 0.15) is 30.0 Å². The van der Waals surface area contributed by atoms with Crippen LogP contribution in [0.15, 0.2) is 45.5 Å². The van der Waals surface area contributed by atoms with Gasteiger partial charge in [-0.05, 0) is 73.2 Å². The Kier molecular flexibility index (Phi) is 8.97. The number of hydrogen-bond donors (Lipinski definition) is 1. The van der Waals surface area contributed by atoms with Crippen molar-refractivity contribution in [3.63, 3.8) is 0 Å². The Balaban J connectivity index is 1.77. The van der Waals surface area contributed by atoms with E-state index in [1.807, 2.05) is 13.0 Å². The van der Waals surface area contributed by atoms with Crippen LogP contribution in [0.3, 0.4) is 0 Å². The molecule has 1 N–H and O–H groups in total. The minimum atomic E-state index is -4.51. The lowest BCUT2D eigenvalue weighted by Crippen LogP contribution is -2.33. The lowest BCUT2D eigenvalue weighted by atomic mass is 10.1. The predicted molar refractivity (Wildman–Crippen MR) is 136 cm³/mol. The second-order valence-electron chi connectivity index (χ2n) is 8.09. The predicted octanol–water partition coefficient (Wildman–Crippen LogP) is 6.19. The molecule has 0 saturated carbocycles. The molecule has 0 bridgehead atoms. The lowest BCUT2D eigenvalue weighted by molar-refractivity contribution is -0.139. The summed E-state index contributed by atoms with van der Waals surface area (Å²) in [5, 5.41) is 9.05. The van der Waals surface area contributed by atoms with Gasteiger partial charge in [0.1, 0.15) is 9.96 Å². The third-order valence-corrected chi connectivity index (χ3v) is 10.1. The molecule has 2 aromatic carbocycles. The lowest BCUT2D eigenvalue weighted by Gasteiger charge is -2.21. The van der Waals surface area contributed by atoms with Gasteiger partial charge in [0.05, 0.1) is 5.56 Å². The van der Waals surface area contributed by atoms with Gasteiger partial charge in [0.2, 0.25) is 0 Å². The molecule has 0 atom stereocenters. The molecule has 0 saturated heterocycles. The maximum absolute atomic E-state index is 13.5. The number of carbonyl (C=O) groups is 1. The van der Waals surface area contributed by atoms with Gasteiger partial charge in [-0.1, -0.05) is 6.92 Å². The average molecular weight is 562 g/mol. The van der Waals surface area contributed by atoms with Crippen LogP contribution in [0.5, 0.6) is 5.75 Å². The highest BCUT2D eigenvalue weighted by molar-refractivity contribution is 7.99. The first-order chi connectivity index (χ1) is 16.8. The van der Waals surface area contributed by atoms with Crippen LogP contribution in [0.25, 0.3) is 10.1 Å². The average Bonchev–Trinajstić information content (AvgIpc) is 3.14. The molecule has 0 radical (unpaired) electrons. The molecule has 6 nitrogen and oxygen atoms in total. The van der Waals surface area contributed by atoms with Crippen LogP contribution in [0.2, 0.25) is 0 Å². The van der Waals surface area contributed by atoms with E-state index in [1.54, 1.807) is 26.0 Å². The van der Waals surface area contributed by atoms with Gasteiger partial charge < -0.3 is 9.84 Å². The van der Waals surface area contributed by atoms with Gasteiger partial charge in [0.15, 0.2) is 6.61 Å². The molecule has 0 spiro atoms. The zero-order valence-corrected chi connectivity index (χ0v) is 22.3. The number of benzene rings is 2. The Bertz CT molecular complexity index is 1350. The molecule has 3 aromatic rings. The summed E-state index contributed by atoms with van der Waals surface area (Å²) in [6.07, 6.45) is -3.92. The van der Waals surface area contributed by atoms with Crippen LogP contribution in [-0.2, 0) is 21.0 Å². The maximum Gasteiger partial charge on any atom is 0.416 e. The number of carboxylic acids is 1. The minimum absolute atomic E-state index is 0.0612. The summed E-state index contributed by atoms with van der Waals surface area (Å²) in [6, 6.07) is 8.59. The van der Waals surface area contributed by atoms with Crippen molar-refractivity contribution in [2.45, 2.75) is 42.5 Å². The number of hydrogen-bond acceptors (Lipinski definition) is 6. The molecule has 3 rings (SSSR count). The summed E-state index contributed by atoms with van der Waals surface area (Å²) in [5.74, 6) is -0.151. The summed E-state index contributed by atoms with van der Waals surface area (Å²) in [5.41, 5.74) is 0.275. The van der Waals surface area contributed by atoms with Gasteiger partial charge in [-0.2, -0.15) is 17.5 Å².